The van der Waals surface area contributed by atoms with Crippen LogP contribution in [-0.2, 0) is 12.0 Å². The smallest absolute Gasteiger partial charge is 0.145 e. The molecule has 30 heavy (non-hydrogen) atoms. The van der Waals surface area contributed by atoms with Crippen LogP contribution in [0.15, 0.2) is 67.1 Å². The van der Waals surface area contributed by atoms with Crippen molar-refractivity contribution in [1.29, 1.82) is 0 Å². The normalized spacial score (nSPS) is 21.0. The lowest BCUT2D eigenvalue weighted by Crippen LogP contribution is -2.35. The average molecular weight is 416 g/mol. The maximum absolute atomic E-state index is 6.06. The van der Waals surface area contributed by atoms with Gasteiger partial charge in [0.1, 0.15) is 17.8 Å². The van der Waals surface area contributed by atoms with Crippen molar-refractivity contribution in [3.05, 3.63) is 83.3 Å². The van der Waals surface area contributed by atoms with Gasteiger partial charge in [-0.3, -0.25) is 4.90 Å². The zero-order valence-corrected chi connectivity index (χ0v) is 17.3. The molecule has 1 spiro atoms. The van der Waals surface area contributed by atoms with Crippen LogP contribution in [0.1, 0.15) is 17.5 Å². The Morgan fingerprint density at radius 2 is 1.87 bits per heavy atom. The summed E-state index contributed by atoms with van der Waals surface area (Å²) in [5.41, 5.74) is 5.02. The highest BCUT2D eigenvalue weighted by molar-refractivity contribution is 6.30. The number of hydrogen-bond donors (Lipinski definition) is 1. The zero-order chi connectivity index (χ0) is 20.1. The summed E-state index contributed by atoms with van der Waals surface area (Å²) in [6.07, 6.45) is 4.74. The van der Waals surface area contributed by atoms with Gasteiger partial charge in [0.25, 0.3) is 0 Å². The first-order chi connectivity index (χ1) is 14.7. The number of likely N-dealkylation sites (tertiary alicyclic amines) is 1. The second-order valence-corrected chi connectivity index (χ2v) is 8.84. The van der Waals surface area contributed by atoms with E-state index < -0.39 is 0 Å². The van der Waals surface area contributed by atoms with E-state index in [1.807, 2.05) is 18.3 Å². The van der Waals surface area contributed by atoms with Crippen molar-refractivity contribution in [2.45, 2.75) is 18.4 Å². The van der Waals surface area contributed by atoms with E-state index in [2.05, 4.69) is 67.2 Å². The van der Waals surface area contributed by atoms with Crippen LogP contribution in [0, 0.1) is 0 Å². The molecule has 2 aliphatic heterocycles. The van der Waals surface area contributed by atoms with Gasteiger partial charge in [-0.05, 0) is 48.4 Å². The molecular weight excluding hydrogens is 394 g/mol. The van der Waals surface area contributed by atoms with Gasteiger partial charge in [-0.2, -0.15) is 0 Å². The SMILES string of the molecule is Clc1ccc(CN2CC[C@@]3(C2)CN(c2ncnc4[nH]ccc24)c2ccccc23)cc1. The fraction of sp³-hybridized carbons (Fsp3) is 0.250. The van der Waals surface area contributed by atoms with Crippen LogP contribution >= 0.6 is 11.6 Å². The molecule has 4 aromatic rings. The maximum atomic E-state index is 6.06. The third-order valence-electron chi connectivity index (χ3n) is 6.57. The molecule has 0 saturated carbocycles. The first-order valence-corrected chi connectivity index (χ1v) is 10.7. The van der Waals surface area contributed by atoms with E-state index in [-0.39, 0.29) is 5.41 Å². The second kappa shape index (κ2) is 6.83. The van der Waals surface area contributed by atoms with Gasteiger partial charge in [-0.15, -0.1) is 0 Å². The molecule has 0 amide bonds. The van der Waals surface area contributed by atoms with E-state index in [1.54, 1.807) is 6.33 Å². The van der Waals surface area contributed by atoms with Crippen LogP contribution in [0.3, 0.4) is 0 Å². The number of fused-ring (bicyclic) bond motifs is 3. The van der Waals surface area contributed by atoms with Crippen molar-refractivity contribution in [3.63, 3.8) is 0 Å². The first-order valence-electron chi connectivity index (χ1n) is 10.3. The lowest BCUT2D eigenvalue weighted by molar-refractivity contribution is 0.308. The molecule has 150 valence electrons. The number of rotatable bonds is 3. The fourth-order valence-electron chi connectivity index (χ4n) is 5.18. The fourth-order valence-corrected chi connectivity index (χ4v) is 5.31. The number of H-pyrrole nitrogens is 1. The van der Waals surface area contributed by atoms with Gasteiger partial charge < -0.3 is 9.88 Å². The molecule has 0 unspecified atom stereocenters. The predicted molar refractivity (Wildman–Crippen MR) is 120 cm³/mol. The first kappa shape index (κ1) is 17.9. The van der Waals surface area contributed by atoms with Gasteiger partial charge >= 0.3 is 0 Å². The van der Waals surface area contributed by atoms with Crippen molar-refractivity contribution in [3.8, 4) is 0 Å². The van der Waals surface area contributed by atoms with Gasteiger partial charge in [-0.1, -0.05) is 41.9 Å². The van der Waals surface area contributed by atoms with Gasteiger partial charge in [-0.25, -0.2) is 9.97 Å². The summed E-state index contributed by atoms with van der Waals surface area (Å²) in [6, 6.07) is 19.1. The van der Waals surface area contributed by atoms with E-state index >= 15 is 0 Å². The van der Waals surface area contributed by atoms with E-state index in [0.717, 1.165) is 54.5 Å². The summed E-state index contributed by atoms with van der Waals surface area (Å²) in [5.74, 6) is 0.988. The van der Waals surface area contributed by atoms with E-state index in [9.17, 15) is 0 Å². The molecule has 0 radical (unpaired) electrons. The van der Waals surface area contributed by atoms with E-state index in [0.29, 0.717) is 0 Å². The number of aromatic nitrogens is 3. The van der Waals surface area contributed by atoms with Crippen LogP contribution < -0.4 is 4.90 Å². The van der Waals surface area contributed by atoms with Crippen LogP contribution in [0.5, 0.6) is 0 Å². The van der Waals surface area contributed by atoms with Crippen LogP contribution in [-0.4, -0.2) is 39.5 Å². The molecular formula is C24H22ClN5. The monoisotopic (exact) mass is 415 g/mol. The van der Waals surface area contributed by atoms with Crippen LogP contribution in [0.2, 0.25) is 5.02 Å². The molecule has 6 heteroatoms. The molecule has 0 aliphatic carbocycles. The minimum Gasteiger partial charge on any atom is -0.346 e. The summed E-state index contributed by atoms with van der Waals surface area (Å²) in [4.78, 5) is 17.2. The molecule has 1 saturated heterocycles. The number of nitrogens with zero attached hydrogens (tertiary/aromatic N) is 4. The molecule has 1 atom stereocenters. The highest BCUT2D eigenvalue weighted by Crippen LogP contribution is 2.49. The minimum atomic E-state index is 0.122. The zero-order valence-electron chi connectivity index (χ0n) is 16.6. The summed E-state index contributed by atoms with van der Waals surface area (Å²) in [6.45, 7) is 4.04. The summed E-state index contributed by atoms with van der Waals surface area (Å²) in [7, 11) is 0. The molecule has 1 N–H and O–H groups in total. The van der Waals surface area contributed by atoms with E-state index in [1.165, 1.54) is 16.8 Å². The highest BCUT2D eigenvalue weighted by atomic mass is 35.5. The summed E-state index contributed by atoms with van der Waals surface area (Å²) >= 11 is 6.06. The molecule has 4 heterocycles. The number of benzene rings is 2. The largest absolute Gasteiger partial charge is 0.346 e. The predicted octanol–water partition coefficient (Wildman–Crippen LogP) is 4.91. The van der Waals surface area contributed by atoms with Crippen molar-refractivity contribution in [2.75, 3.05) is 24.5 Å². The Morgan fingerprint density at radius 1 is 1.00 bits per heavy atom. The Balaban J connectivity index is 1.34. The maximum Gasteiger partial charge on any atom is 0.145 e. The van der Waals surface area contributed by atoms with E-state index in [4.69, 9.17) is 11.6 Å². The Kier molecular flexibility index (Phi) is 4.08. The number of nitrogens with one attached hydrogen (secondary N) is 1. The Morgan fingerprint density at radius 3 is 2.77 bits per heavy atom. The van der Waals surface area contributed by atoms with Crippen molar-refractivity contribution >= 4 is 34.1 Å². The van der Waals surface area contributed by atoms with Gasteiger partial charge in [0, 0.05) is 42.0 Å². The number of aromatic amines is 1. The Bertz CT molecular complexity index is 1220. The van der Waals surface area contributed by atoms with Crippen molar-refractivity contribution in [1.82, 2.24) is 19.9 Å². The number of halogens is 1. The second-order valence-electron chi connectivity index (χ2n) is 8.41. The lowest BCUT2D eigenvalue weighted by atomic mass is 9.81. The summed E-state index contributed by atoms with van der Waals surface area (Å²) < 4.78 is 0. The number of para-hydroxylation sites is 1. The number of anilines is 2. The van der Waals surface area contributed by atoms with Gasteiger partial charge in [0.15, 0.2) is 0 Å². The van der Waals surface area contributed by atoms with Gasteiger partial charge in [0.05, 0.1) is 5.39 Å². The standard InChI is InChI=1S/C24H22ClN5/c25-18-7-5-17(6-8-18)13-29-12-10-24(14-29)15-30(21-4-2-1-3-20(21)24)23-19-9-11-26-22(19)27-16-28-23/h1-9,11,16H,10,12-15H2,(H,26,27,28)/t24-/m1/s1. The van der Waals surface area contributed by atoms with Crippen LogP contribution in [0.25, 0.3) is 11.0 Å². The molecule has 2 aliphatic rings. The quantitative estimate of drug-likeness (QED) is 0.516. The van der Waals surface area contributed by atoms with Crippen molar-refractivity contribution < 1.29 is 0 Å². The molecule has 6 rings (SSSR count). The number of hydrogen-bond acceptors (Lipinski definition) is 4. The van der Waals surface area contributed by atoms with Crippen LogP contribution in [0.4, 0.5) is 11.5 Å². The van der Waals surface area contributed by atoms with Crippen molar-refractivity contribution in [2.24, 2.45) is 0 Å². The molecule has 0 bridgehead atoms. The molecule has 5 nitrogen and oxygen atoms in total. The minimum absolute atomic E-state index is 0.122. The molecule has 1 fully saturated rings. The molecule has 2 aromatic heterocycles. The van der Waals surface area contributed by atoms with Gasteiger partial charge in [0.2, 0.25) is 0 Å². The Hall–Kier alpha value is -2.89. The average Bonchev–Trinajstić information content (AvgIpc) is 3.48. The Labute approximate surface area is 180 Å². The highest BCUT2D eigenvalue weighted by Gasteiger charge is 2.47. The summed E-state index contributed by atoms with van der Waals surface area (Å²) in [5, 5.41) is 1.86. The third kappa shape index (κ3) is 2.81. The topological polar surface area (TPSA) is 48.1 Å². The molecule has 2 aromatic carbocycles. The third-order valence-corrected chi connectivity index (χ3v) is 6.82. The lowest BCUT2D eigenvalue weighted by Gasteiger charge is -2.26.